The van der Waals surface area contributed by atoms with Crippen LogP contribution in [-0.2, 0) is 4.74 Å². The molecule has 0 heterocycles. The molecule has 17 heavy (non-hydrogen) atoms. The van der Waals surface area contributed by atoms with E-state index in [-0.39, 0.29) is 16.3 Å². The molecule has 0 aliphatic rings. The lowest BCUT2D eigenvalue weighted by atomic mass is 10.2. The SMILES string of the molecule is COCC(Cl)CNC(=O)c1cccc(Cl)c1Cl. The molecule has 0 saturated heterocycles. The summed E-state index contributed by atoms with van der Waals surface area (Å²) in [5.41, 5.74) is 0.334. The molecule has 1 aromatic rings. The second kappa shape index (κ2) is 7.07. The second-order valence-corrected chi connectivity index (χ2v) is 4.77. The topological polar surface area (TPSA) is 38.3 Å². The van der Waals surface area contributed by atoms with Crippen molar-refractivity contribution in [1.82, 2.24) is 5.32 Å². The van der Waals surface area contributed by atoms with E-state index in [1.165, 1.54) is 0 Å². The van der Waals surface area contributed by atoms with Gasteiger partial charge in [-0.25, -0.2) is 0 Å². The Morgan fingerprint density at radius 3 is 2.82 bits per heavy atom. The van der Waals surface area contributed by atoms with Gasteiger partial charge in [0.05, 0.1) is 27.6 Å². The third kappa shape index (κ3) is 4.36. The summed E-state index contributed by atoms with van der Waals surface area (Å²) in [5, 5.41) is 2.97. The van der Waals surface area contributed by atoms with Crippen LogP contribution < -0.4 is 5.32 Å². The van der Waals surface area contributed by atoms with Crippen LogP contribution in [0.2, 0.25) is 10.0 Å². The molecule has 0 aliphatic heterocycles. The fourth-order valence-electron chi connectivity index (χ4n) is 1.22. The van der Waals surface area contributed by atoms with E-state index >= 15 is 0 Å². The molecule has 0 saturated carbocycles. The van der Waals surface area contributed by atoms with Gasteiger partial charge in [0.2, 0.25) is 0 Å². The van der Waals surface area contributed by atoms with E-state index in [0.29, 0.717) is 23.7 Å². The normalized spacial score (nSPS) is 12.2. The van der Waals surface area contributed by atoms with Crippen LogP contribution in [0.1, 0.15) is 10.4 Å². The highest BCUT2D eigenvalue weighted by Crippen LogP contribution is 2.25. The first-order valence-corrected chi connectivity index (χ1v) is 6.10. The maximum atomic E-state index is 11.8. The largest absolute Gasteiger partial charge is 0.383 e. The van der Waals surface area contributed by atoms with Gasteiger partial charge in [-0.1, -0.05) is 29.3 Å². The van der Waals surface area contributed by atoms with Gasteiger partial charge in [0.1, 0.15) is 0 Å². The van der Waals surface area contributed by atoms with E-state index < -0.39 is 0 Å². The van der Waals surface area contributed by atoms with Crippen molar-refractivity contribution in [3.8, 4) is 0 Å². The highest BCUT2D eigenvalue weighted by molar-refractivity contribution is 6.43. The minimum Gasteiger partial charge on any atom is -0.383 e. The zero-order chi connectivity index (χ0) is 12.8. The monoisotopic (exact) mass is 295 g/mol. The van der Waals surface area contributed by atoms with Crippen molar-refractivity contribution in [2.75, 3.05) is 20.3 Å². The highest BCUT2D eigenvalue weighted by atomic mass is 35.5. The predicted molar refractivity (Wildman–Crippen MR) is 70.3 cm³/mol. The number of halogens is 3. The number of benzene rings is 1. The van der Waals surface area contributed by atoms with E-state index in [1.54, 1.807) is 25.3 Å². The molecule has 1 unspecified atom stereocenters. The molecule has 0 bridgehead atoms. The van der Waals surface area contributed by atoms with Gasteiger partial charge in [0.15, 0.2) is 0 Å². The Kier molecular flexibility index (Phi) is 6.06. The third-order valence-electron chi connectivity index (χ3n) is 2.03. The molecule has 1 amide bonds. The number of alkyl halides is 1. The first-order chi connectivity index (χ1) is 8.06. The molecule has 1 atom stereocenters. The number of carbonyl (C=O) groups is 1. The highest BCUT2D eigenvalue weighted by Gasteiger charge is 2.13. The summed E-state index contributed by atoms with van der Waals surface area (Å²) >= 11 is 17.6. The fourth-order valence-corrected chi connectivity index (χ4v) is 1.81. The van der Waals surface area contributed by atoms with Crippen molar-refractivity contribution in [1.29, 1.82) is 0 Å². The van der Waals surface area contributed by atoms with Gasteiger partial charge in [-0.2, -0.15) is 0 Å². The average molecular weight is 297 g/mol. The minimum absolute atomic E-state index is 0.240. The zero-order valence-corrected chi connectivity index (χ0v) is 11.4. The van der Waals surface area contributed by atoms with Crippen molar-refractivity contribution in [3.63, 3.8) is 0 Å². The van der Waals surface area contributed by atoms with Crippen molar-refractivity contribution < 1.29 is 9.53 Å². The molecule has 0 radical (unpaired) electrons. The van der Waals surface area contributed by atoms with Gasteiger partial charge >= 0.3 is 0 Å². The molecule has 94 valence electrons. The summed E-state index contributed by atoms with van der Waals surface area (Å²) in [6.45, 7) is 0.669. The van der Waals surface area contributed by atoms with Gasteiger partial charge in [0, 0.05) is 13.7 Å². The van der Waals surface area contributed by atoms with E-state index in [2.05, 4.69) is 5.32 Å². The first kappa shape index (κ1) is 14.6. The molecule has 0 aromatic heterocycles. The van der Waals surface area contributed by atoms with Gasteiger partial charge in [-0.05, 0) is 12.1 Å². The molecule has 6 heteroatoms. The Morgan fingerprint density at radius 1 is 1.47 bits per heavy atom. The number of nitrogens with one attached hydrogen (secondary N) is 1. The molecular weight excluding hydrogens is 284 g/mol. The average Bonchev–Trinajstić information content (AvgIpc) is 2.30. The molecule has 3 nitrogen and oxygen atoms in total. The number of methoxy groups -OCH3 is 1. The lowest BCUT2D eigenvalue weighted by Gasteiger charge is -2.11. The quantitative estimate of drug-likeness (QED) is 0.848. The van der Waals surface area contributed by atoms with Crippen LogP contribution >= 0.6 is 34.8 Å². The Balaban J connectivity index is 2.61. The Bertz CT molecular complexity index is 398. The summed E-state index contributed by atoms with van der Waals surface area (Å²) in [6.07, 6.45) is 0. The van der Waals surface area contributed by atoms with Crippen LogP contribution in [0.5, 0.6) is 0 Å². The van der Waals surface area contributed by atoms with Gasteiger partial charge in [0.25, 0.3) is 5.91 Å². The standard InChI is InChI=1S/C11H12Cl3NO2/c1-17-6-7(12)5-15-11(16)8-3-2-4-9(13)10(8)14/h2-4,7H,5-6H2,1H3,(H,15,16). The number of rotatable bonds is 5. The number of hydrogen-bond donors (Lipinski definition) is 1. The number of carbonyl (C=O) groups excluding carboxylic acids is 1. The molecule has 1 aromatic carbocycles. The van der Waals surface area contributed by atoms with E-state index in [1.807, 2.05) is 0 Å². The molecule has 1 rings (SSSR count). The number of amides is 1. The van der Waals surface area contributed by atoms with E-state index in [9.17, 15) is 4.79 Å². The van der Waals surface area contributed by atoms with Crippen LogP contribution in [-0.4, -0.2) is 31.5 Å². The Labute approximate surface area is 115 Å². The molecule has 0 fully saturated rings. The Hall–Kier alpha value is -0.480. The zero-order valence-electron chi connectivity index (χ0n) is 9.17. The predicted octanol–water partition coefficient (Wildman–Crippen LogP) is 2.98. The lowest BCUT2D eigenvalue weighted by molar-refractivity contribution is 0.0949. The minimum atomic E-state index is -0.306. The molecular formula is C11H12Cl3NO2. The lowest BCUT2D eigenvalue weighted by Crippen LogP contribution is -2.31. The summed E-state index contributed by atoms with van der Waals surface area (Å²) in [5.74, 6) is -0.306. The van der Waals surface area contributed by atoms with Gasteiger partial charge in [-0.15, -0.1) is 11.6 Å². The van der Waals surface area contributed by atoms with Crippen molar-refractivity contribution >= 4 is 40.7 Å². The maximum absolute atomic E-state index is 11.8. The molecule has 0 aliphatic carbocycles. The summed E-state index contributed by atoms with van der Waals surface area (Å²) < 4.78 is 4.85. The van der Waals surface area contributed by atoms with Crippen molar-refractivity contribution in [3.05, 3.63) is 33.8 Å². The van der Waals surface area contributed by atoms with Gasteiger partial charge in [-0.3, -0.25) is 4.79 Å². The summed E-state index contributed by atoms with van der Waals surface area (Å²) in [6, 6.07) is 4.88. The number of hydrogen-bond acceptors (Lipinski definition) is 2. The summed E-state index contributed by atoms with van der Waals surface area (Å²) in [4.78, 5) is 11.8. The van der Waals surface area contributed by atoms with E-state index in [0.717, 1.165) is 0 Å². The van der Waals surface area contributed by atoms with E-state index in [4.69, 9.17) is 39.5 Å². The van der Waals surface area contributed by atoms with Crippen LogP contribution in [0.3, 0.4) is 0 Å². The maximum Gasteiger partial charge on any atom is 0.252 e. The Morgan fingerprint density at radius 2 is 2.18 bits per heavy atom. The third-order valence-corrected chi connectivity index (χ3v) is 3.13. The smallest absolute Gasteiger partial charge is 0.252 e. The van der Waals surface area contributed by atoms with Crippen LogP contribution in [0.15, 0.2) is 18.2 Å². The van der Waals surface area contributed by atoms with Gasteiger partial charge < -0.3 is 10.1 Å². The van der Waals surface area contributed by atoms with Crippen LogP contribution in [0.25, 0.3) is 0 Å². The number of ether oxygens (including phenoxy) is 1. The van der Waals surface area contributed by atoms with Crippen LogP contribution in [0.4, 0.5) is 0 Å². The van der Waals surface area contributed by atoms with Crippen LogP contribution in [0, 0.1) is 0 Å². The molecule has 0 spiro atoms. The van der Waals surface area contributed by atoms with Crippen molar-refractivity contribution in [2.24, 2.45) is 0 Å². The van der Waals surface area contributed by atoms with Crippen molar-refractivity contribution in [2.45, 2.75) is 5.38 Å². The molecule has 1 N–H and O–H groups in total. The fraction of sp³-hybridized carbons (Fsp3) is 0.364. The second-order valence-electron chi connectivity index (χ2n) is 3.36. The first-order valence-electron chi connectivity index (χ1n) is 4.91. The summed E-state index contributed by atoms with van der Waals surface area (Å²) in [7, 11) is 1.55.